The molecular weight excluding hydrogens is 344 g/mol. The Kier molecular flexibility index (Phi) is 4.41. The third-order valence-corrected chi connectivity index (χ3v) is 6.29. The van der Waals surface area contributed by atoms with Gasteiger partial charge in [-0.05, 0) is 12.1 Å². The number of nitrogens with zero attached hydrogens (tertiary/aromatic N) is 4. The predicted octanol–water partition coefficient (Wildman–Crippen LogP) is 1.42. The molecule has 4 heterocycles. The van der Waals surface area contributed by atoms with Crippen molar-refractivity contribution >= 4 is 41.0 Å². The minimum Gasteiger partial charge on any atom is -0.339 e. The summed E-state index contributed by atoms with van der Waals surface area (Å²) in [6, 6.07) is 5.29. The average Bonchev–Trinajstić information content (AvgIpc) is 3.28. The summed E-state index contributed by atoms with van der Waals surface area (Å²) in [6.45, 7) is 1.56. The number of carbonyl (C=O) groups excluding carboxylic acids is 2. The van der Waals surface area contributed by atoms with E-state index in [1.807, 2.05) is 45.5 Å². The number of imidazole rings is 1. The van der Waals surface area contributed by atoms with Gasteiger partial charge in [-0.3, -0.25) is 9.59 Å². The van der Waals surface area contributed by atoms with Crippen LogP contribution in [0.2, 0.25) is 0 Å². The van der Waals surface area contributed by atoms with Crippen molar-refractivity contribution < 1.29 is 9.59 Å². The zero-order valence-corrected chi connectivity index (χ0v) is 14.8. The molecule has 4 rings (SSSR count). The molecule has 1 unspecified atom stereocenters. The molecule has 0 aliphatic carbocycles. The molecule has 0 spiro atoms. The minimum atomic E-state index is -0.365. The van der Waals surface area contributed by atoms with Gasteiger partial charge >= 0.3 is 0 Å². The molecule has 2 fully saturated rings. The molecule has 2 amide bonds. The maximum absolute atomic E-state index is 12.9. The number of aromatic nitrogens is 2. The lowest BCUT2D eigenvalue weighted by molar-refractivity contribution is -0.134. The van der Waals surface area contributed by atoms with Crippen LogP contribution >= 0.6 is 23.5 Å². The fourth-order valence-corrected chi connectivity index (χ4v) is 5.07. The lowest BCUT2D eigenvalue weighted by Crippen LogP contribution is -2.51. The van der Waals surface area contributed by atoms with E-state index in [9.17, 15) is 9.59 Å². The Labute approximate surface area is 148 Å². The Hall–Kier alpha value is -1.67. The first-order valence-electron chi connectivity index (χ1n) is 7.93. The maximum atomic E-state index is 12.9. The molecule has 24 heavy (non-hydrogen) atoms. The van der Waals surface area contributed by atoms with E-state index in [4.69, 9.17) is 0 Å². The fraction of sp³-hybridized carbons (Fsp3) is 0.438. The van der Waals surface area contributed by atoms with Crippen LogP contribution in [0.3, 0.4) is 0 Å². The van der Waals surface area contributed by atoms with Crippen molar-refractivity contribution in [1.29, 1.82) is 0 Å². The summed E-state index contributed by atoms with van der Waals surface area (Å²) < 4.78 is 1.83. The Bertz CT molecular complexity index is 739. The van der Waals surface area contributed by atoms with Gasteiger partial charge in [0, 0.05) is 42.7 Å². The minimum absolute atomic E-state index is 0.0809. The van der Waals surface area contributed by atoms with Crippen molar-refractivity contribution in [3.63, 3.8) is 0 Å². The van der Waals surface area contributed by atoms with Crippen LogP contribution in [-0.4, -0.2) is 73.3 Å². The summed E-state index contributed by atoms with van der Waals surface area (Å²) in [6.07, 6.45) is 3.60. The maximum Gasteiger partial charge on any atom is 0.275 e. The van der Waals surface area contributed by atoms with Gasteiger partial charge in [0.05, 0.1) is 5.88 Å². The molecular formula is C16H18N4O2S2. The van der Waals surface area contributed by atoms with Crippen molar-refractivity contribution in [1.82, 2.24) is 19.2 Å². The van der Waals surface area contributed by atoms with Gasteiger partial charge < -0.3 is 14.2 Å². The number of hydrogen-bond donors (Lipinski definition) is 0. The number of fused-ring (bicyclic) bond motifs is 1. The highest BCUT2D eigenvalue weighted by atomic mass is 32.2. The van der Waals surface area contributed by atoms with E-state index >= 15 is 0 Å². The number of hydrogen-bond acceptors (Lipinski definition) is 5. The molecule has 6 nitrogen and oxygen atoms in total. The predicted molar refractivity (Wildman–Crippen MR) is 96.4 cm³/mol. The Balaban J connectivity index is 1.55. The molecule has 0 saturated carbocycles. The molecule has 2 saturated heterocycles. The molecule has 0 N–H and O–H groups in total. The summed E-state index contributed by atoms with van der Waals surface area (Å²) in [5.41, 5.74) is 1.14. The van der Waals surface area contributed by atoms with Crippen LogP contribution in [0, 0.1) is 0 Å². The molecule has 2 aliphatic rings. The first-order chi connectivity index (χ1) is 11.7. The van der Waals surface area contributed by atoms with Crippen molar-refractivity contribution in [2.75, 3.05) is 36.2 Å². The molecule has 0 aromatic carbocycles. The standard InChI is InChI=1S/C16H18N4O2S2/c21-15(12-9-19-4-2-1-3-14(19)17-12)20-11-24-10-13(20)16(22)18-5-7-23-8-6-18/h1-4,9,13H,5-8,10-11H2. The van der Waals surface area contributed by atoms with E-state index in [1.54, 1.807) is 22.9 Å². The van der Waals surface area contributed by atoms with Gasteiger partial charge in [0.1, 0.15) is 17.4 Å². The average molecular weight is 362 g/mol. The molecule has 8 heteroatoms. The van der Waals surface area contributed by atoms with E-state index in [0.29, 0.717) is 17.3 Å². The van der Waals surface area contributed by atoms with Crippen LogP contribution in [0.25, 0.3) is 5.65 Å². The highest BCUT2D eigenvalue weighted by Crippen LogP contribution is 2.25. The quantitative estimate of drug-likeness (QED) is 0.809. The molecule has 2 aromatic rings. The van der Waals surface area contributed by atoms with Crippen molar-refractivity contribution in [2.24, 2.45) is 0 Å². The molecule has 1 atom stereocenters. The first kappa shape index (κ1) is 15.8. The Morgan fingerprint density at radius 1 is 1.17 bits per heavy atom. The molecule has 126 valence electrons. The lowest BCUT2D eigenvalue weighted by Gasteiger charge is -2.31. The summed E-state index contributed by atoms with van der Waals surface area (Å²) >= 11 is 3.50. The van der Waals surface area contributed by atoms with E-state index in [2.05, 4.69) is 4.98 Å². The van der Waals surface area contributed by atoms with Gasteiger partial charge in [0.25, 0.3) is 5.91 Å². The van der Waals surface area contributed by atoms with Crippen molar-refractivity contribution in [3.8, 4) is 0 Å². The fourth-order valence-electron chi connectivity index (χ4n) is 3.03. The molecule has 2 aromatic heterocycles. The van der Waals surface area contributed by atoms with Crippen molar-refractivity contribution in [2.45, 2.75) is 6.04 Å². The van der Waals surface area contributed by atoms with Gasteiger partial charge in [-0.1, -0.05) is 6.07 Å². The van der Waals surface area contributed by atoms with Crippen LogP contribution < -0.4 is 0 Å². The summed E-state index contributed by atoms with van der Waals surface area (Å²) in [5, 5.41) is 0. The second-order valence-corrected chi connectivity index (χ2v) is 8.05. The van der Waals surface area contributed by atoms with E-state index in [-0.39, 0.29) is 17.9 Å². The second kappa shape index (κ2) is 6.68. The second-order valence-electron chi connectivity index (χ2n) is 5.82. The van der Waals surface area contributed by atoms with Crippen LogP contribution in [0.4, 0.5) is 0 Å². The van der Waals surface area contributed by atoms with Crippen LogP contribution in [-0.2, 0) is 4.79 Å². The van der Waals surface area contributed by atoms with Crippen LogP contribution in [0.1, 0.15) is 10.5 Å². The Morgan fingerprint density at radius 3 is 2.79 bits per heavy atom. The zero-order valence-electron chi connectivity index (χ0n) is 13.1. The van der Waals surface area contributed by atoms with E-state index < -0.39 is 0 Å². The zero-order chi connectivity index (χ0) is 16.5. The number of pyridine rings is 1. The van der Waals surface area contributed by atoms with Gasteiger partial charge in [0.2, 0.25) is 5.91 Å². The van der Waals surface area contributed by atoms with E-state index in [1.165, 1.54) is 0 Å². The van der Waals surface area contributed by atoms with E-state index in [0.717, 1.165) is 30.2 Å². The van der Waals surface area contributed by atoms with Crippen LogP contribution in [0.15, 0.2) is 30.6 Å². The smallest absolute Gasteiger partial charge is 0.275 e. The normalized spacial score (nSPS) is 21.4. The topological polar surface area (TPSA) is 57.9 Å². The SMILES string of the molecule is O=C(C1CSCN1C(=O)c1cn2ccccc2n1)N1CCSCC1. The monoisotopic (exact) mass is 362 g/mol. The summed E-state index contributed by atoms with van der Waals surface area (Å²) in [7, 11) is 0. The highest BCUT2D eigenvalue weighted by molar-refractivity contribution is 7.99. The van der Waals surface area contributed by atoms with Gasteiger partial charge in [0.15, 0.2) is 0 Å². The summed E-state index contributed by atoms with van der Waals surface area (Å²) in [5.74, 6) is 3.09. The highest BCUT2D eigenvalue weighted by Gasteiger charge is 2.38. The Morgan fingerprint density at radius 2 is 2.00 bits per heavy atom. The first-order valence-corrected chi connectivity index (χ1v) is 10.2. The molecule has 0 radical (unpaired) electrons. The number of carbonyl (C=O) groups is 2. The lowest BCUT2D eigenvalue weighted by atomic mass is 10.2. The molecule has 0 bridgehead atoms. The number of amides is 2. The largest absolute Gasteiger partial charge is 0.339 e. The van der Waals surface area contributed by atoms with Gasteiger partial charge in [-0.15, -0.1) is 11.8 Å². The molecule has 2 aliphatic heterocycles. The van der Waals surface area contributed by atoms with Gasteiger partial charge in [-0.25, -0.2) is 4.98 Å². The third kappa shape index (κ3) is 2.88. The number of rotatable bonds is 2. The summed E-state index contributed by atoms with van der Waals surface area (Å²) in [4.78, 5) is 33.7. The van der Waals surface area contributed by atoms with Crippen LogP contribution in [0.5, 0.6) is 0 Å². The van der Waals surface area contributed by atoms with Crippen molar-refractivity contribution in [3.05, 3.63) is 36.3 Å². The number of thioether (sulfide) groups is 2. The third-order valence-electron chi connectivity index (χ3n) is 4.33. The van der Waals surface area contributed by atoms with Gasteiger partial charge in [-0.2, -0.15) is 11.8 Å².